The van der Waals surface area contributed by atoms with Gasteiger partial charge in [-0.25, -0.2) is 0 Å². The van der Waals surface area contributed by atoms with Crippen LogP contribution < -0.4 is 5.73 Å². The first kappa shape index (κ1) is 15.2. The van der Waals surface area contributed by atoms with Crippen LogP contribution in [-0.2, 0) is 4.74 Å². The SMILES string of the molecule is CCC1(C(N)C2CCOC3(CCSCC3)C2)CCCC1. The van der Waals surface area contributed by atoms with Crippen molar-refractivity contribution in [1.29, 1.82) is 0 Å². The van der Waals surface area contributed by atoms with Crippen molar-refractivity contribution in [3.05, 3.63) is 0 Å². The Morgan fingerprint density at radius 1 is 1.20 bits per heavy atom. The van der Waals surface area contributed by atoms with Crippen molar-refractivity contribution in [2.75, 3.05) is 18.1 Å². The van der Waals surface area contributed by atoms with Crippen molar-refractivity contribution in [3.63, 3.8) is 0 Å². The molecule has 20 heavy (non-hydrogen) atoms. The molecule has 3 aliphatic rings. The van der Waals surface area contributed by atoms with Crippen LogP contribution in [0.3, 0.4) is 0 Å². The minimum absolute atomic E-state index is 0.194. The summed E-state index contributed by atoms with van der Waals surface area (Å²) in [5.74, 6) is 3.26. The molecule has 3 heteroatoms. The van der Waals surface area contributed by atoms with Gasteiger partial charge in [-0.1, -0.05) is 19.8 Å². The molecule has 2 N–H and O–H groups in total. The van der Waals surface area contributed by atoms with E-state index in [0.29, 0.717) is 17.4 Å². The average Bonchev–Trinajstić information content (AvgIpc) is 2.97. The third kappa shape index (κ3) is 2.78. The maximum Gasteiger partial charge on any atom is 0.0701 e. The van der Waals surface area contributed by atoms with Crippen LogP contribution >= 0.6 is 11.8 Å². The van der Waals surface area contributed by atoms with Gasteiger partial charge in [0.15, 0.2) is 0 Å². The standard InChI is InChI=1S/C17H31NOS/c1-2-16(6-3-4-7-16)15(18)14-5-10-19-17(13-14)8-11-20-12-9-17/h14-15H,2-13,18H2,1H3. The first-order valence-electron chi connectivity index (χ1n) is 8.67. The predicted octanol–water partition coefficient (Wildman–Crippen LogP) is 3.98. The number of ether oxygens (including phenoxy) is 1. The fraction of sp³-hybridized carbons (Fsp3) is 1.00. The van der Waals surface area contributed by atoms with Crippen molar-refractivity contribution < 1.29 is 4.74 Å². The summed E-state index contributed by atoms with van der Waals surface area (Å²) in [6.45, 7) is 3.31. The summed E-state index contributed by atoms with van der Waals surface area (Å²) < 4.78 is 6.25. The van der Waals surface area contributed by atoms with Crippen LogP contribution in [0.2, 0.25) is 0 Å². The molecule has 2 heterocycles. The van der Waals surface area contributed by atoms with Gasteiger partial charge in [-0.3, -0.25) is 0 Å². The molecule has 0 aromatic carbocycles. The van der Waals surface area contributed by atoms with E-state index in [-0.39, 0.29) is 5.60 Å². The van der Waals surface area contributed by atoms with Gasteiger partial charge in [0.05, 0.1) is 5.60 Å². The van der Waals surface area contributed by atoms with Crippen molar-refractivity contribution in [1.82, 2.24) is 0 Å². The molecule has 0 aromatic rings. The zero-order valence-corrected chi connectivity index (χ0v) is 13.9. The van der Waals surface area contributed by atoms with E-state index < -0.39 is 0 Å². The second kappa shape index (κ2) is 6.18. The smallest absolute Gasteiger partial charge is 0.0701 e. The lowest BCUT2D eigenvalue weighted by molar-refractivity contribution is -0.112. The zero-order valence-electron chi connectivity index (χ0n) is 13.0. The Hall–Kier alpha value is 0.270. The van der Waals surface area contributed by atoms with Crippen molar-refractivity contribution in [2.24, 2.45) is 17.1 Å². The summed E-state index contributed by atoms with van der Waals surface area (Å²) in [5, 5.41) is 0. The van der Waals surface area contributed by atoms with Crippen molar-refractivity contribution in [3.8, 4) is 0 Å². The molecule has 2 atom stereocenters. The fourth-order valence-electron chi connectivity index (χ4n) is 4.97. The maximum absolute atomic E-state index is 6.83. The number of hydrogen-bond acceptors (Lipinski definition) is 3. The van der Waals surface area contributed by atoms with E-state index in [9.17, 15) is 0 Å². The molecule has 1 spiro atoms. The van der Waals surface area contributed by atoms with Crippen LogP contribution in [-0.4, -0.2) is 29.8 Å². The second-order valence-corrected chi connectivity index (χ2v) is 8.57. The molecule has 0 bridgehead atoms. The molecule has 2 unspecified atom stereocenters. The van der Waals surface area contributed by atoms with Crippen LogP contribution in [0.25, 0.3) is 0 Å². The number of nitrogens with two attached hydrogens (primary N) is 1. The lowest BCUT2D eigenvalue weighted by Gasteiger charge is -2.48. The summed E-state index contributed by atoms with van der Waals surface area (Å²) in [6, 6.07) is 0.408. The van der Waals surface area contributed by atoms with Gasteiger partial charge in [0, 0.05) is 12.6 Å². The van der Waals surface area contributed by atoms with E-state index in [1.165, 1.54) is 69.3 Å². The number of thioether (sulfide) groups is 1. The molecule has 3 fully saturated rings. The number of rotatable bonds is 3. The van der Waals surface area contributed by atoms with Gasteiger partial charge < -0.3 is 10.5 Å². The second-order valence-electron chi connectivity index (χ2n) is 7.35. The van der Waals surface area contributed by atoms with Gasteiger partial charge in [0.1, 0.15) is 0 Å². The van der Waals surface area contributed by atoms with Crippen LogP contribution in [0.15, 0.2) is 0 Å². The molecule has 1 aliphatic carbocycles. The number of hydrogen-bond donors (Lipinski definition) is 1. The first-order chi connectivity index (χ1) is 9.70. The zero-order chi connectivity index (χ0) is 14.1. The summed E-state index contributed by atoms with van der Waals surface area (Å²) in [6.07, 6.45) is 11.7. The molecule has 0 aromatic heterocycles. The topological polar surface area (TPSA) is 35.2 Å². The van der Waals surface area contributed by atoms with Gasteiger partial charge in [-0.05, 0) is 67.8 Å². The van der Waals surface area contributed by atoms with E-state index in [2.05, 4.69) is 18.7 Å². The van der Waals surface area contributed by atoms with Crippen molar-refractivity contribution >= 4 is 11.8 Å². The predicted molar refractivity (Wildman–Crippen MR) is 87.1 cm³/mol. The van der Waals surface area contributed by atoms with E-state index in [0.717, 1.165) is 6.61 Å². The normalized spacial score (nSPS) is 34.2. The molecule has 0 amide bonds. The minimum Gasteiger partial charge on any atom is -0.375 e. The third-order valence-electron chi connectivity index (χ3n) is 6.45. The summed E-state index contributed by atoms with van der Waals surface area (Å²) in [5.41, 5.74) is 7.47. The van der Waals surface area contributed by atoms with Gasteiger partial charge in [-0.2, -0.15) is 11.8 Å². The summed E-state index contributed by atoms with van der Waals surface area (Å²) >= 11 is 2.09. The first-order valence-corrected chi connectivity index (χ1v) is 9.83. The van der Waals surface area contributed by atoms with E-state index in [1.54, 1.807) is 0 Å². The highest BCUT2D eigenvalue weighted by Gasteiger charge is 2.46. The molecular formula is C17H31NOS. The molecule has 3 rings (SSSR count). The third-order valence-corrected chi connectivity index (χ3v) is 7.44. The van der Waals surface area contributed by atoms with Crippen LogP contribution in [0.5, 0.6) is 0 Å². The highest BCUT2D eigenvalue weighted by molar-refractivity contribution is 7.99. The van der Waals surface area contributed by atoms with Crippen LogP contribution in [0, 0.1) is 11.3 Å². The maximum atomic E-state index is 6.83. The molecule has 2 aliphatic heterocycles. The highest BCUT2D eigenvalue weighted by atomic mass is 32.2. The fourth-order valence-corrected chi connectivity index (χ4v) is 6.20. The Morgan fingerprint density at radius 3 is 2.55 bits per heavy atom. The lowest BCUT2D eigenvalue weighted by atomic mass is 9.67. The quantitative estimate of drug-likeness (QED) is 0.856. The van der Waals surface area contributed by atoms with Gasteiger partial charge in [0.25, 0.3) is 0 Å². The highest BCUT2D eigenvalue weighted by Crippen LogP contribution is 2.49. The molecule has 2 nitrogen and oxygen atoms in total. The van der Waals surface area contributed by atoms with Crippen LogP contribution in [0.1, 0.15) is 64.7 Å². The monoisotopic (exact) mass is 297 g/mol. The molecule has 2 saturated heterocycles. The van der Waals surface area contributed by atoms with Gasteiger partial charge in [-0.15, -0.1) is 0 Å². The van der Waals surface area contributed by atoms with Gasteiger partial charge >= 0.3 is 0 Å². The Morgan fingerprint density at radius 2 is 1.90 bits per heavy atom. The van der Waals surface area contributed by atoms with E-state index >= 15 is 0 Å². The Kier molecular flexibility index (Phi) is 4.69. The van der Waals surface area contributed by atoms with Gasteiger partial charge in [0.2, 0.25) is 0 Å². The summed E-state index contributed by atoms with van der Waals surface area (Å²) in [7, 11) is 0. The lowest BCUT2D eigenvalue weighted by Crippen LogP contribution is -2.52. The Labute approximate surface area is 128 Å². The summed E-state index contributed by atoms with van der Waals surface area (Å²) in [4.78, 5) is 0. The molecule has 116 valence electrons. The largest absolute Gasteiger partial charge is 0.375 e. The van der Waals surface area contributed by atoms with E-state index in [1.807, 2.05) is 0 Å². The molecule has 1 saturated carbocycles. The Balaban J connectivity index is 1.69. The minimum atomic E-state index is 0.194. The Bertz CT molecular complexity index is 315. The van der Waals surface area contributed by atoms with E-state index in [4.69, 9.17) is 10.5 Å². The molecule has 0 radical (unpaired) electrons. The van der Waals surface area contributed by atoms with Crippen LogP contribution in [0.4, 0.5) is 0 Å². The molecular weight excluding hydrogens is 266 g/mol. The average molecular weight is 298 g/mol. The van der Waals surface area contributed by atoms with Crippen molar-refractivity contribution in [2.45, 2.75) is 76.4 Å².